The minimum Gasteiger partial charge on any atom is -0.454 e. The Hall–Kier alpha value is -2.28. The summed E-state index contributed by atoms with van der Waals surface area (Å²) in [6.45, 7) is 10.1. The van der Waals surface area contributed by atoms with Gasteiger partial charge in [-0.1, -0.05) is 26.8 Å². The molecular formula is C23H33N3O4. The van der Waals surface area contributed by atoms with E-state index >= 15 is 0 Å². The summed E-state index contributed by atoms with van der Waals surface area (Å²) in [5.74, 6) is 2.15. The van der Waals surface area contributed by atoms with Gasteiger partial charge in [0.15, 0.2) is 11.5 Å². The summed E-state index contributed by atoms with van der Waals surface area (Å²) in [5.41, 5.74) is 0.0792. The van der Waals surface area contributed by atoms with Gasteiger partial charge in [0.25, 0.3) is 5.91 Å². The topological polar surface area (TPSA) is 71.1 Å². The fourth-order valence-electron chi connectivity index (χ4n) is 4.91. The Balaban J connectivity index is 1.43. The van der Waals surface area contributed by atoms with Crippen molar-refractivity contribution < 1.29 is 19.1 Å². The van der Waals surface area contributed by atoms with Crippen LogP contribution in [0.3, 0.4) is 0 Å². The maximum atomic E-state index is 13.5. The van der Waals surface area contributed by atoms with Crippen LogP contribution in [0, 0.1) is 11.8 Å². The summed E-state index contributed by atoms with van der Waals surface area (Å²) in [5, 5.41) is 3.09. The van der Waals surface area contributed by atoms with Gasteiger partial charge in [-0.15, -0.1) is 0 Å². The largest absolute Gasteiger partial charge is 0.454 e. The number of urea groups is 1. The average Bonchev–Trinajstić information content (AvgIpc) is 3.30. The van der Waals surface area contributed by atoms with Crippen LogP contribution in [0.4, 0.5) is 4.79 Å². The number of hydrogen-bond donors (Lipinski definition) is 1. The quantitative estimate of drug-likeness (QED) is 0.692. The van der Waals surface area contributed by atoms with Crippen LogP contribution in [0.1, 0.15) is 52.0 Å². The smallest absolute Gasteiger partial charge is 0.325 e. The molecule has 0 bridgehead atoms. The van der Waals surface area contributed by atoms with E-state index in [0.717, 1.165) is 38.0 Å². The molecule has 0 unspecified atom stereocenters. The number of imide groups is 1. The van der Waals surface area contributed by atoms with Crippen LogP contribution in [0.15, 0.2) is 18.2 Å². The summed E-state index contributed by atoms with van der Waals surface area (Å²) in [7, 11) is 0. The van der Waals surface area contributed by atoms with E-state index < -0.39 is 5.54 Å². The number of ether oxygens (including phenoxy) is 2. The molecule has 1 N–H and O–H groups in total. The number of likely N-dealkylation sites (tertiary alicyclic amines) is 1. The molecule has 0 spiro atoms. The second-order valence-corrected chi connectivity index (χ2v) is 9.13. The highest BCUT2D eigenvalue weighted by Crippen LogP contribution is 2.38. The molecule has 2 fully saturated rings. The van der Waals surface area contributed by atoms with Crippen molar-refractivity contribution >= 4 is 11.9 Å². The van der Waals surface area contributed by atoms with Crippen molar-refractivity contribution in [2.45, 2.75) is 58.5 Å². The van der Waals surface area contributed by atoms with E-state index in [2.05, 4.69) is 24.1 Å². The van der Waals surface area contributed by atoms with Gasteiger partial charge in [0, 0.05) is 0 Å². The van der Waals surface area contributed by atoms with Crippen molar-refractivity contribution in [1.29, 1.82) is 0 Å². The Morgan fingerprint density at radius 3 is 2.60 bits per heavy atom. The fourth-order valence-corrected chi connectivity index (χ4v) is 4.91. The predicted octanol–water partition coefficient (Wildman–Crippen LogP) is 3.37. The van der Waals surface area contributed by atoms with Crippen LogP contribution in [0.25, 0.3) is 0 Å². The number of piperidine rings is 1. The van der Waals surface area contributed by atoms with Crippen LogP contribution in [-0.2, 0) is 11.3 Å². The monoisotopic (exact) mass is 415 g/mol. The number of fused-ring (bicyclic) bond motifs is 1. The Morgan fingerprint density at radius 2 is 1.90 bits per heavy atom. The molecule has 1 aromatic rings. The molecule has 1 atom stereocenters. The SMILES string of the molecule is CC[C@]1(C2CCN(CCC(C)C)CC2)NC(=O)N(Cc2ccc3c(c2)OCO3)C1=O. The highest BCUT2D eigenvalue weighted by Gasteiger charge is 2.54. The number of nitrogens with zero attached hydrogens (tertiary/aromatic N) is 2. The zero-order chi connectivity index (χ0) is 21.3. The number of carbonyl (C=O) groups is 2. The third-order valence-corrected chi connectivity index (χ3v) is 6.84. The number of amides is 3. The van der Waals surface area contributed by atoms with Crippen molar-refractivity contribution in [3.8, 4) is 11.5 Å². The summed E-state index contributed by atoms with van der Waals surface area (Å²) in [4.78, 5) is 30.1. The first-order chi connectivity index (χ1) is 14.4. The van der Waals surface area contributed by atoms with Crippen LogP contribution in [-0.4, -0.2) is 53.7 Å². The van der Waals surface area contributed by atoms with E-state index in [1.54, 1.807) is 0 Å². The van der Waals surface area contributed by atoms with Crippen LogP contribution >= 0.6 is 0 Å². The van der Waals surface area contributed by atoms with Crippen LogP contribution < -0.4 is 14.8 Å². The number of rotatable bonds is 7. The van der Waals surface area contributed by atoms with Gasteiger partial charge in [0.1, 0.15) is 5.54 Å². The lowest BCUT2D eigenvalue weighted by Crippen LogP contribution is -2.55. The molecule has 3 amide bonds. The predicted molar refractivity (Wildman–Crippen MR) is 113 cm³/mol. The van der Waals surface area contributed by atoms with Gasteiger partial charge in [-0.3, -0.25) is 9.69 Å². The Bertz CT molecular complexity index is 804. The van der Waals surface area contributed by atoms with Gasteiger partial charge in [0.05, 0.1) is 6.54 Å². The minimum absolute atomic E-state index is 0.0895. The van der Waals surface area contributed by atoms with E-state index in [-0.39, 0.29) is 31.2 Å². The first kappa shape index (κ1) is 21.0. The number of benzene rings is 1. The van der Waals surface area contributed by atoms with E-state index in [1.807, 2.05) is 25.1 Å². The van der Waals surface area contributed by atoms with Gasteiger partial charge < -0.3 is 19.7 Å². The van der Waals surface area contributed by atoms with Crippen molar-refractivity contribution in [3.05, 3.63) is 23.8 Å². The van der Waals surface area contributed by atoms with Gasteiger partial charge in [0.2, 0.25) is 6.79 Å². The summed E-state index contributed by atoms with van der Waals surface area (Å²) in [6, 6.07) is 5.27. The number of nitrogens with one attached hydrogen (secondary N) is 1. The summed E-state index contributed by atoms with van der Waals surface area (Å²) in [6.07, 6.45) is 3.69. The first-order valence-corrected chi connectivity index (χ1v) is 11.2. The Morgan fingerprint density at radius 1 is 1.17 bits per heavy atom. The van der Waals surface area contributed by atoms with Crippen LogP contribution in [0.2, 0.25) is 0 Å². The fraction of sp³-hybridized carbons (Fsp3) is 0.652. The van der Waals surface area contributed by atoms with Crippen LogP contribution in [0.5, 0.6) is 11.5 Å². The molecule has 30 heavy (non-hydrogen) atoms. The third-order valence-electron chi connectivity index (χ3n) is 6.84. The molecule has 0 radical (unpaired) electrons. The highest BCUT2D eigenvalue weighted by molar-refractivity contribution is 6.07. The lowest BCUT2D eigenvalue weighted by Gasteiger charge is -2.40. The highest BCUT2D eigenvalue weighted by atomic mass is 16.7. The average molecular weight is 416 g/mol. The van der Waals surface area contributed by atoms with Gasteiger partial charge >= 0.3 is 6.03 Å². The Labute approximate surface area is 178 Å². The molecule has 2 saturated heterocycles. The minimum atomic E-state index is -0.780. The Kier molecular flexibility index (Phi) is 5.91. The number of carbonyl (C=O) groups excluding carboxylic acids is 2. The zero-order valence-corrected chi connectivity index (χ0v) is 18.3. The second kappa shape index (κ2) is 8.46. The molecule has 1 aromatic carbocycles. The maximum absolute atomic E-state index is 13.5. The zero-order valence-electron chi connectivity index (χ0n) is 18.3. The number of hydrogen-bond acceptors (Lipinski definition) is 5. The van der Waals surface area contributed by atoms with Gasteiger partial charge in [-0.25, -0.2) is 4.79 Å². The lowest BCUT2D eigenvalue weighted by molar-refractivity contribution is -0.134. The van der Waals surface area contributed by atoms with Crippen molar-refractivity contribution in [3.63, 3.8) is 0 Å². The summed E-state index contributed by atoms with van der Waals surface area (Å²) < 4.78 is 10.8. The molecule has 7 nitrogen and oxygen atoms in total. The van der Waals surface area contributed by atoms with Crippen molar-refractivity contribution in [1.82, 2.24) is 15.1 Å². The molecule has 164 valence electrons. The standard InChI is InChI=1S/C23H33N3O4/c1-4-23(18-8-11-25(12-9-18)10-7-16(2)3)21(27)26(22(28)24-23)14-17-5-6-19-20(13-17)30-15-29-19/h5-6,13,16,18H,4,7-12,14-15H2,1-3H3,(H,24,28)/t23-/m1/s1. The van der Waals surface area contributed by atoms with Crippen molar-refractivity contribution in [2.24, 2.45) is 11.8 Å². The molecular weight excluding hydrogens is 382 g/mol. The third kappa shape index (κ3) is 3.87. The molecule has 0 aliphatic carbocycles. The van der Waals surface area contributed by atoms with E-state index in [4.69, 9.17) is 9.47 Å². The molecule has 0 saturated carbocycles. The summed E-state index contributed by atoms with van der Waals surface area (Å²) >= 11 is 0. The molecule has 7 heteroatoms. The van der Waals surface area contributed by atoms with E-state index in [1.165, 1.54) is 11.3 Å². The van der Waals surface area contributed by atoms with Crippen molar-refractivity contribution in [2.75, 3.05) is 26.4 Å². The molecule has 0 aromatic heterocycles. The normalized spacial score (nSPS) is 24.7. The van der Waals surface area contributed by atoms with Gasteiger partial charge in [-0.2, -0.15) is 0 Å². The molecule has 3 aliphatic rings. The first-order valence-electron chi connectivity index (χ1n) is 11.2. The molecule has 4 rings (SSSR count). The van der Waals surface area contributed by atoms with E-state index in [9.17, 15) is 9.59 Å². The molecule has 3 heterocycles. The van der Waals surface area contributed by atoms with Gasteiger partial charge in [-0.05, 0) is 74.8 Å². The van der Waals surface area contributed by atoms with E-state index in [0.29, 0.717) is 23.8 Å². The molecule has 3 aliphatic heterocycles. The maximum Gasteiger partial charge on any atom is 0.325 e. The lowest BCUT2D eigenvalue weighted by atomic mass is 9.75. The second-order valence-electron chi connectivity index (χ2n) is 9.13.